The Labute approximate surface area is 204 Å². The van der Waals surface area contributed by atoms with Gasteiger partial charge in [0.15, 0.2) is 0 Å². The van der Waals surface area contributed by atoms with Crippen molar-refractivity contribution in [2.24, 2.45) is 0 Å². The summed E-state index contributed by atoms with van der Waals surface area (Å²) in [6, 6.07) is 14.9. The first kappa shape index (κ1) is 23.2. The zero-order valence-electron chi connectivity index (χ0n) is 19.1. The van der Waals surface area contributed by atoms with E-state index in [1.807, 2.05) is 36.1 Å². The molecule has 0 spiro atoms. The Morgan fingerprint density at radius 2 is 1.78 bits per heavy atom. The second-order valence-corrected chi connectivity index (χ2v) is 8.05. The van der Waals surface area contributed by atoms with Crippen molar-refractivity contribution < 1.29 is 18.0 Å². The standard InChI is InChI=1S/C26H21F3N6O/c1-2-35-15-20(18-11-13-30-24-19(18)12-14-31-24)23(34-35)16-7-9-17(10-8-16)32-25(36)33-22-6-4-3-5-21(22)26(27,28)29/h3-15H,2H2,1H3,(H,30,31)(H2,32,33,36). The minimum absolute atomic E-state index is 0.317. The molecule has 0 bridgehead atoms. The highest BCUT2D eigenvalue weighted by molar-refractivity contribution is 6.01. The predicted molar refractivity (Wildman–Crippen MR) is 133 cm³/mol. The van der Waals surface area contributed by atoms with Gasteiger partial charge in [0.05, 0.1) is 11.3 Å². The van der Waals surface area contributed by atoms with Crippen LogP contribution in [0.4, 0.5) is 29.3 Å². The van der Waals surface area contributed by atoms with E-state index in [2.05, 4.69) is 20.6 Å². The third-order valence-electron chi connectivity index (χ3n) is 5.73. The summed E-state index contributed by atoms with van der Waals surface area (Å²) >= 11 is 0. The molecular formula is C26H21F3N6O. The van der Waals surface area contributed by atoms with Crippen molar-refractivity contribution in [3.63, 3.8) is 0 Å². The largest absolute Gasteiger partial charge is 0.418 e. The predicted octanol–water partition coefficient (Wildman–Crippen LogP) is 6.78. The van der Waals surface area contributed by atoms with E-state index >= 15 is 0 Å². The maximum atomic E-state index is 13.2. The first-order valence-electron chi connectivity index (χ1n) is 11.2. The molecule has 7 nitrogen and oxygen atoms in total. The fourth-order valence-electron chi connectivity index (χ4n) is 4.02. The van der Waals surface area contributed by atoms with Gasteiger partial charge >= 0.3 is 12.2 Å². The number of nitrogens with one attached hydrogen (secondary N) is 3. The van der Waals surface area contributed by atoms with Crippen LogP contribution in [0.15, 0.2) is 79.3 Å². The minimum Gasteiger partial charge on any atom is -0.346 e. The molecule has 0 fully saturated rings. The molecule has 36 heavy (non-hydrogen) atoms. The Morgan fingerprint density at radius 1 is 1.00 bits per heavy atom. The SMILES string of the molecule is CCn1cc(-c2ccnc3[nH]ccc23)c(-c2ccc(NC(=O)Nc3ccccc3C(F)(F)F)cc2)n1. The van der Waals surface area contributed by atoms with E-state index < -0.39 is 17.8 Å². The summed E-state index contributed by atoms with van der Waals surface area (Å²) in [5.74, 6) is 0. The number of para-hydroxylation sites is 1. The summed E-state index contributed by atoms with van der Waals surface area (Å²) < 4.78 is 41.4. The van der Waals surface area contributed by atoms with E-state index in [1.165, 1.54) is 18.2 Å². The van der Waals surface area contributed by atoms with Crippen molar-refractivity contribution in [1.29, 1.82) is 0 Å². The van der Waals surface area contributed by atoms with Gasteiger partial charge in [-0.2, -0.15) is 18.3 Å². The van der Waals surface area contributed by atoms with Crippen LogP contribution in [0.1, 0.15) is 12.5 Å². The quantitative estimate of drug-likeness (QED) is 0.254. The van der Waals surface area contributed by atoms with Crippen molar-refractivity contribution >= 4 is 28.4 Å². The van der Waals surface area contributed by atoms with E-state index in [-0.39, 0.29) is 5.69 Å². The molecule has 0 aliphatic heterocycles. The summed E-state index contributed by atoms with van der Waals surface area (Å²) in [7, 11) is 0. The number of nitrogens with zero attached hydrogens (tertiary/aromatic N) is 3. The van der Waals surface area contributed by atoms with Gasteiger partial charge in [-0.1, -0.05) is 24.3 Å². The van der Waals surface area contributed by atoms with Crippen molar-refractivity contribution in [2.45, 2.75) is 19.6 Å². The fourth-order valence-corrected chi connectivity index (χ4v) is 4.02. The molecular weight excluding hydrogens is 469 g/mol. The Hall–Kier alpha value is -4.60. The number of urea groups is 1. The Bertz CT molecular complexity index is 1540. The van der Waals surface area contributed by atoms with Crippen LogP contribution in [0.3, 0.4) is 0 Å². The van der Waals surface area contributed by atoms with E-state index in [0.29, 0.717) is 12.2 Å². The molecule has 0 aliphatic carbocycles. The molecule has 0 saturated heterocycles. The Morgan fingerprint density at radius 3 is 2.53 bits per heavy atom. The van der Waals surface area contributed by atoms with E-state index in [9.17, 15) is 18.0 Å². The molecule has 2 aromatic carbocycles. The van der Waals surface area contributed by atoms with Crippen LogP contribution in [0.5, 0.6) is 0 Å². The highest BCUT2D eigenvalue weighted by Gasteiger charge is 2.33. The lowest BCUT2D eigenvalue weighted by Crippen LogP contribution is -2.21. The van der Waals surface area contributed by atoms with Crippen molar-refractivity contribution in [3.8, 4) is 22.4 Å². The van der Waals surface area contributed by atoms with Crippen molar-refractivity contribution in [1.82, 2.24) is 19.7 Å². The lowest BCUT2D eigenvalue weighted by molar-refractivity contribution is -0.136. The normalized spacial score (nSPS) is 11.6. The second kappa shape index (κ2) is 9.21. The molecule has 2 amide bonds. The summed E-state index contributed by atoms with van der Waals surface area (Å²) in [5.41, 5.74) is 3.48. The zero-order valence-corrected chi connectivity index (χ0v) is 19.1. The second-order valence-electron chi connectivity index (χ2n) is 8.05. The number of hydrogen-bond donors (Lipinski definition) is 3. The molecule has 5 rings (SSSR count). The van der Waals surface area contributed by atoms with Crippen LogP contribution in [-0.4, -0.2) is 25.8 Å². The number of amides is 2. The molecule has 3 aromatic heterocycles. The van der Waals surface area contributed by atoms with Gasteiger partial charge in [-0.3, -0.25) is 4.68 Å². The number of pyridine rings is 1. The Balaban J connectivity index is 1.39. The number of benzene rings is 2. The summed E-state index contributed by atoms with van der Waals surface area (Å²) in [6.07, 6.45) is 0.980. The van der Waals surface area contributed by atoms with Crippen LogP contribution in [0.2, 0.25) is 0 Å². The number of aryl methyl sites for hydroxylation is 1. The topological polar surface area (TPSA) is 87.6 Å². The smallest absolute Gasteiger partial charge is 0.346 e. The number of hydrogen-bond acceptors (Lipinski definition) is 3. The average molecular weight is 490 g/mol. The van der Waals surface area contributed by atoms with Gasteiger partial charge in [-0.15, -0.1) is 0 Å². The maximum absolute atomic E-state index is 13.2. The van der Waals surface area contributed by atoms with Gasteiger partial charge in [0.1, 0.15) is 11.3 Å². The average Bonchev–Trinajstić information content (AvgIpc) is 3.51. The molecule has 182 valence electrons. The third-order valence-corrected chi connectivity index (χ3v) is 5.73. The van der Waals surface area contributed by atoms with Crippen molar-refractivity contribution in [2.75, 3.05) is 10.6 Å². The zero-order chi connectivity index (χ0) is 25.3. The van der Waals surface area contributed by atoms with Crippen molar-refractivity contribution in [3.05, 3.63) is 84.8 Å². The number of alkyl halides is 3. The first-order chi connectivity index (χ1) is 17.3. The van der Waals surface area contributed by atoms with Gasteiger partial charge in [-0.25, -0.2) is 9.78 Å². The van der Waals surface area contributed by atoms with E-state index in [0.717, 1.165) is 39.5 Å². The summed E-state index contributed by atoms with van der Waals surface area (Å²) in [5, 5.41) is 10.5. The fraction of sp³-hybridized carbons (Fsp3) is 0.115. The molecule has 5 aromatic rings. The molecule has 0 unspecified atom stereocenters. The third kappa shape index (κ3) is 4.52. The van der Waals surface area contributed by atoms with Gasteiger partial charge in [0.25, 0.3) is 0 Å². The number of halogens is 3. The van der Waals surface area contributed by atoms with Crippen LogP contribution in [0, 0.1) is 0 Å². The van der Waals surface area contributed by atoms with E-state index in [1.54, 1.807) is 30.5 Å². The highest BCUT2D eigenvalue weighted by atomic mass is 19.4. The molecule has 3 N–H and O–H groups in total. The molecule has 0 aliphatic rings. The number of carbonyl (C=O) groups excluding carboxylic acids is 1. The molecule has 10 heteroatoms. The number of fused-ring (bicyclic) bond motifs is 1. The van der Waals surface area contributed by atoms with Gasteiger partial charge < -0.3 is 15.6 Å². The molecule has 3 heterocycles. The summed E-state index contributed by atoms with van der Waals surface area (Å²) in [6.45, 7) is 2.69. The maximum Gasteiger partial charge on any atom is 0.418 e. The number of aromatic nitrogens is 4. The number of carbonyl (C=O) groups is 1. The number of rotatable bonds is 5. The van der Waals surface area contributed by atoms with Crippen LogP contribution < -0.4 is 10.6 Å². The van der Waals surface area contributed by atoms with Crippen LogP contribution in [0.25, 0.3) is 33.4 Å². The lowest BCUT2D eigenvalue weighted by Gasteiger charge is -2.14. The molecule has 0 radical (unpaired) electrons. The van der Waals surface area contributed by atoms with E-state index in [4.69, 9.17) is 5.10 Å². The molecule has 0 atom stereocenters. The number of aromatic amines is 1. The minimum atomic E-state index is -4.58. The Kier molecular flexibility index (Phi) is 5.93. The monoisotopic (exact) mass is 490 g/mol. The first-order valence-corrected chi connectivity index (χ1v) is 11.2. The van der Waals surface area contributed by atoms with Gasteiger partial charge in [0, 0.05) is 47.3 Å². The van der Waals surface area contributed by atoms with Crippen LogP contribution in [-0.2, 0) is 12.7 Å². The lowest BCUT2D eigenvalue weighted by atomic mass is 10.0. The molecule has 0 saturated carbocycles. The van der Waals surface area contributed by atoms with Crippen LogP contribution >= 0.6 is 0 Å². The highest BCUT2D eigenvalue weighted by Crippen LogP contribution is 2.36. The number of H-pyrrole nitrogens is 1. The summed E-state index contributed by atoms with van der Waals surface area (Å²) in [4.78, 5) is 19.9. The van der Waals surface area contributed by atoms with Gasteiger partial charge in [0.2, 0.25) is 0 Å². The number of anilines is 2. The van der Waals surface area contributed by atoms with Gasteiger partial charge in [-0.05, 0) is 48.9 Å².